The Bertz CT molecular complexity index is 644. The first-order valence-electron chi connectivity index (χ1n) is 5.75. The van der Waals surface area contributed by atoms with Gasteiger partial charge in [-0.1, -0.05) is 18.2 Å². The van der Waals surface area contributed by atoms with Gasteiger partial charge in [-0.25, -0.2) is 0 Å². The van der Waals surface area contributed by atoms with E-state index in [9.17, 15) is 18.3 Å². The number of ether oxygens (including phenoxy) is 1. The fourth-order valence-corrected chi connectivity index (χ4v) is 2.40. The normalized spacial score (nSPS) is 13.0. The van der Waals surface area contributed by atoms with Crippen molar-refractivity contribution in [2.45, 2.75) is 12.5 Å². The van der Waals surface area contributed by atoms with Crippen molar-refractivity contribution in [3.05, 3.63) is 62.5 Å². The fourth-order valence-electron chi connectivity index (χ4n) is 1.76. The van der Waals surface area contributed by atoms with Crippen LogP contribution in [0.2, 0.25) is 0 Å². The standard InChI is InChI=1S/C14H9Br2F3O2/c15-11-5-4-9(7-12(11)16)13(20)8-2-1-3-10(6-8)21-14(17,18)19/h1-7,13,20H. The lowest BCUT2D eigenvalue weighted by molar-refractivity contribution is -0.274. The minimum absolute atomic E-state index is 0.311. The first-order chi connectivity index (χ1) is 9.76. The van der Waals surface area contributed by atoms with Crippen molar-refractivity contribution in [1.29, 1.82) is 0 Å². The van der Waals surface area contributed by atoms with Gasteiger partial charge in [0, 0.05) is 8.95 Å². The van der Waals surface area contributed by atoms with E-state index >= 15 is 0 Å². The van der Waals surface area contributed by atoms with Gasteiger partial charge in [0.15, 0.2) is 0 Å². The summed E-state index contributed by atoms with van der Waals surface area (Å²) in [5.41, 5.74) is 0.861. The van der Waals surface area contributed by atoms with Crippen molar-refractivity contribution in [1.82, 2.24) is 0 Å². The molecule has 2 rings (SSSR count). The highest BCUT2D eigenvalue weighted by Crippen LogP contribution is 2.31. The molecule has 0 saturated heterocycles. The summed E-state index contributed by atoms with van der Waals surface area (Å²) in [6, 6.07) is 10.4. The highest BCUT2D eigenvalue weighted by Gasteiger charge is 2.31. The van der Waals surface area contributed by atoms with Gasteiger partial charge in [0.05, 0.1) is 0 Å². The quantitative estimate of drug-likeness (QED) is 0.733. The van der Waals surface area contributed by atoms with Crippen molar-refractivity contribution in [3.63, 3.8) is 0 Å². The number of aliphatic hydroxyl groups is 1. The Morgan fingerprint density at radius 1 is 0.952 bits per heavy atom. The zero-order valence-corrected chi connectivity index (χ0v) is 13.5. The molecule has 0 spiro atoms. The number of benzene rings is 2. The Hall–Kier alpha value is -1.05. The lowest BCUT2D eigenvalue weighted by Crippen LogP contribution is -2.17. The van der Waals surface area contributed by atoms with Crippen LogP contribution in [0.4, 0.5) is 13.2 Å². The van der Waals surface area contributed by atoms with Gasteiger partial charge in [-0.15, -0.1) is 13.2 Å². The average molecular weight is 426 g/mol. The number of halogens is 5. The minimum atomic E-state index is -4.76. The monoisotopic (exact) mass is 424 g/mol. The molecule has 0 radical (unpaired) electrons. The Balaban J connectivity index is 2.28. The van der Waals surface area contributed by atoms with Crippen LogP contribution in [0, 0.1) is 0 Å². The predicted octanol–water partition coefficient (Wildman–Crippen LogP) is 5.19. The van der Waals surface area contributed by atoms with Crippen LogP contribution in [-0.2, 0) is 0 Å². The maximum absolute atomic E-state index is 12.2. The molecule has 1 unspecified atom stereocenters. The molecule has 2 aromatic carbocycles. The van der Waals surface area contributed by atoms with Crippen molar-refractivity contribution in [2.24, 2.45) is 0 Å². The topological polar surface area (TPSA) is 29.5 Å². The number of rotatable bonds is 3. The van der Waals surface area contributed by atoms with E-state index in [1.54, 1.807) is 18.2 Å². The molecule has 1 N–H and O–H groups in total. The first kappa shape index (κ1) is 16.3. The maximum Gasteiger partial charge on any atom is 0.573 e. The van der Waals surface area contributed by atoms with Crippen LogP contribution in [0.15, 0.2) is 51.4 Å². The number of hydrogen-bond acceptors (Lipinski definition) is 2. The van der Waals surface area contributed by atoms with Crippen LogP contribution in [0.25, 0.3) is 0 Å². The summed E-state index contributed by atoms with van der Waals surface area (Å²) in [4.78, 5) is 0. The van der Waals surface area contributed by atoms with E-state index < -0.39 is 12.5 Å². The van der Waals surface area contributed by atoms with Crippen molar-refractivity contribution in [2.75, 3.05) is 0 Å². The molecule has 21 heavy (non-hydrogen) atoms. The predicted molar refractivity (Wildman–Crippen MR) is 79.0 cm³/mol. The molecule has 7 heteroatoms. The third-order valence-electron chi connectivity index (χ3n) is 2.67. The van der Waals surface area contributed by atoms with Gasteiger partial charge in [-0.3, -0.25) is 0 Å². The maximum atomic E-state index is 12.2. The van der Waals surface area contributed by atoms with Crippen LogP contribution in [-0.4, -0.2) is 11.5 Å². The second-order valence-electron chi connectivity index (χ2n) is 4.20. The molecule has 0 amide bonds. The summed E-state index contributed by atoms with van der Waals surface area (Å²) in [5, 5.41) is 10.3. The summed E-state index contributed by atoms with van der Waals surface area (Å²) < 4.78 is 42.0. The second-order valence-corrected chi connectivity index (χ2v) is 5.91. The number of alkyl halides is 3. The van der Waals surface area contributed by atoms with Crippen molar-refractivity contribution >= 4 is 31.9 Å². The van der Waals surface area contributed by atoms with E-state index in [1.807, 2.05) is 0 Å². The van der Waals surface area contributed by atoms with Gasteiger partial charge in [0.25, 0.3) is 0 Å². The van der Waals surface area contributed by atoms with Crippen LogP contribution in [0.5, 0.6) is 5.75 Å². The van der Waals surface area contributed by atoms with Gasteiger partial charge in [-0.2, -0.15) is 0 Å². The van der Waals surface area contributed by atoms with E-state index in [0.717, 1.165) is 15.0 Å². The van der Waals surface area contributed by atoms with Crippen molar-refractivity contribution < 1.29 is 23.0 Å². The first-order valence-corrected chi connectivity index (χ1v) is 7.33. The third kappa shape index (κ3) is 4.46. The summed E-state index contributed by atoms with van der Waals surface area (Å²) >= 11 is 6.62. The van der Waals surface area contributed by atoms with Gasteiger partial charge in [0.2, 0.25) is 0 Å². The minimum Gasteiger partial charge on any atom is -0.406 e. The van der Waals surface area contributed by atoms with E-state index in [0.29, 0.717) is 11.1 Å². The van der Waals surface area contributed by atoms with Crippen LogP contribution < -0.4 is 4.74 Å². The van der Waals surface area contributed by atoms with E-state index in [-0.39, 0.29) is 5.75 Å². The Morgan fingerprint density at radius 2 is 1.62 bits per heavy atom. The molecule has 1 atom stereocenters. The smallest absolute Gasteiger partial charge is 0.406 e. The molecule has 0 heterocycles. The van der Waals surface area contributed by atoms with Gasteiger partial charge < -0.3 is 9.84 Å². The Labute approximate surface area is 135 Å². The fraction of sp³-hybridized carbons (Fsp3) is 0.143. The zero-order valence-electron chi connectivity index (χ0n) is 10.4. The molecule has 0 saturated carbocycles. The molecule has 0 aliphatic rings. The molecule has 0 aromatic heterocycles. The van der Waals surface area contributed by atoms with E-state index in [4.69, 9.17) is 0 Å². The average Bonchev–Trinajstić information content (AvgIpc) is 2.39. The van der Waals surface area contributed by atoms with Crippen molar-refractivity contribution in [3.8, 4) is 5.75 Å². The summed E-state index contributed by atoms with van der Waals surface area (Å²) in [6.07, 6.45) is -5.81. The Morgan fingerprint density at radius 3 is 2.24 bits per heavy atom. The SMILES string of the molecule is OC(c1cccc(OC(F)(F)F)c1)c1ccc(Br)c(Br)c1. The number of aliphatic hydroxyl groups excluding tert-OH is 1. The molecule has 0 bridgehead atoms. The molecule has 2 aromatic rings. The largest absolute Gasteiger partial charge is 0.573 e. The third-order valence-corrected chi connectivity index (χ3v) is 4.55. The second kappa shape index (κ2) is 6.37. The zero-order chi connectivity index (χ0) is 15.6. The molecular weight excluding hydrogens is 417 g/mol. The van der Waals surface area contributed by atoms with Gasteiger partial charge in [0.1, 0.15) is 11.9 Å². The van der Waals surface area contributed by atoms with E-state index in [1.165, 1.54) is 18.2 Å². The summed E-state index contributed by atoms with van der Waals surface area (Å²) in [5.74, 6) is -0.366. The summed E-state index contributed by atoms with van der Waals surface area (Å²) in [7, 11) is 0. The summed E-state index contributed by atoms with van der Waals surface area (Å²) in [6.45, 7) is 0. The lowest BCUT2D eigenvalue weighted by Gasteiger charge is -2.14. The highest BCUT2D eigenvalue weighted by molar-refractivity contribution is 9.13. The molecule has 2 nitrogen and oxygen atoms in total. The van der Waals surface area contributed by atoms with Crippen LogP contribution in [0.3, 0.4) is 0 Å². The molecular formula is C14H9Br2F3O2. The Kier molecular flexibility index (Phi) is 4.95. The van der Waals surface area contributed by atoms with Gasteiger partial charge >= 0.3 is 6.36 Å². The van der Waals surface area contributed by atoms with Crippen LogP contribution >= 0.6 is 31.9 Å². The lowest BCUT2D eigenvalue weighted by atomic mass is 10.0. The van der Waals surface area contributed by atoms with Crippen LogP contribution in [0.1, 0.15) is 17.2 Å². The highest BCUT2D eigenvalue weighted by atomic mass is 79.9. The molecule has 0 fully saturated rings. The van der Waals surface area contributed by atoms with Gasteiger partial charge in [-0.05, 0) is 67.3 Å². The number of hydrogen-bond donors (Lipinski definition) is 1. The molecule has 0 aliphatic heterocycles. The van der Waals surface area contributed by atoms with E-state index in [2.05, 4.69) is 36.6 Å². The molecule has 0 aliphatic carbocycles. The molecule has 112 valence electrons.